The maximum absolute atomic E-state index is 13.3. The van der Waals surface area contributed by atoms with Crippen LogP contribution in [0.25, 0.3) is 0 Å². The quantitative estimate of drug-likeness (QED) is 0.765. The molecule has 0 saturated heterocycles. The molecule has 2 unspecified atom stereocenters. The van der Waals surface area contributed by atoms with Gasteiger partial charge >= 0.3 is 0 Å². The highest BCUT2D eigenvalue weighted by molar-refractivity contribution is 5.96. The standard InChI is InChI=1S/C22H24N2O3/c1-3-7-15(2)23-13-18-11-10-17-12-19(25)21(20(22(23)26)24(17)18)27-14-16-8-5-4-6-9-16/h3-9,12,15,18H,10-11,13-14H2,1-2H3/b7-3-. The van der Waals surface area contributed by atoms with Gasteiger partial charge in [-0.2, -0.15) is 0 Å². The number of carbonyl (C=O) groups excluding carboxylic acids is 1. The van der Waals surface area contributed by atoms with Crippen molar-refractivity contribution in [1.29, 1.82) is 0 Å². The van der Waals surface area contributed by atoms with Gasteiger partial charge in [-0.25, -0.2) is 0 Å². The third kappa shape index (κ3) is 3.07. The van der Waals surface area contributed by atoms with E-state index >= 15 is 0 Å². The SMILES string of the molecule is C/C=C\C(C)N1CC2CCc3cc(=O)c(OCc4ccccc4)c(n32)C1=O. The summed E-state index contributed by atoms with van der Waals surface area (Å²) in [5.41, 5.74) is 2.12. The third-order valence-electron chi connectivity index (χ3n) is 5.45. The van der Waals surface area contributed by atoms with Gasteiger partial charge in [0.15, 0.2) is 11.4 Å². The molecule has 0 N–H and O–H groups in total. The van der Waals surface area contributed by atoms with Crippen molar-refractivity contribution in [1.82, 2.24) is 9.47 Å². The van der Waals surface area contributed by atoms with Crippen LogP contribution >= 0.6 is 0 Å². The summed E-state index contributed by atoms with van der Waals surface area (Å²) < 4.78 is 7.96. The van der Waals surface area contributed by atoms with Crippen molar-refractivity contribution in [3.05, 3.63) is 75.7 Å². The maximum atomic E-state index is 13.3. The molecule has 140 valence electrons. The molecule has 2 aliphatic rings. The number of benzene rings is 1. The lowest BCUT2D eigenvalue weighted by molar-refractivity contribution is 0.0625. The maximum Gasteiger partial charge on any atom is 0.275 e. The summed E-state index contributed by atoms with van der Waals surface area (Å²) in [7, 11) is 0. The van der Waals surface area contributed by atoms with E-state index < -0.39 is 0 Å². The van der Waals surface area contributed by atoms with E-state index in [2.05, 4.69) is 0 Å². The second kappa shape index (κ2) is 7.06. The van der Waals surface area contributed by atoms with Crippen LogP contribution in [0.2, 0.25) is 0 Å². The number of amides is 1. The molecule has 27 heavy (non-hydrogen) atoms. The highest BCUT2D eigenvalue weighted by Gasteiger charge is 2.39. The fourth-order valence-electron chi connectivity index (χ4n) is 4.13. The van der Waals surface area contributed by atoms with Crippen molar-refractivity contribution in [2.45, 2.75) is 45.4 Å². The van der Waals surface area contributed by atoms with Gasteiger partial charge in [0.1, 0.15) is 6.61 Å². The molecule has 0 aliphatic carbocycles. The van der Waals surface area contributed by atoms with Crippen molar-refractivity contribution in [2.24, 2.45) is 0 Å². The van der Waals surface area contributed by atoms with E-state index in [9.17, 15) is 9.59 Å². The zero-order valence-corrected chi connectivity index (χ0v) is 15.7. The Morgan fingerprint density at radius 1 is 1.26 bits per heavy atom. The Hall–Kier alpha value is -2.82. The van der Waals surface area contributed by atoms with E-state index in [0.717, 1.165) is 24.1 Å². The van der Waals surface area contributed by atoms with Crippen molar-refractivity contribution < 1.29 is 9.53 Å². The summed E-state index contributed by atoms with van der Waals surface area (Å²) in [5, 5.41) is 0. The number of hydrogen-bond donors (Lipinski definition) is 0. The molecule has 2 atom stereocenters. The molecular weight excluding hydrogens is 340 g/mol. The summed E-state index contributed by atoms with van der Waals surface area (Å²) in [6.45, 7) is 4.90. The van der Waals surface area contributed by atoms with Crippen LogP contribution in [0.3, 0.4) is 0 Å². The number of hydrogen-bond acceptors (Lipinski definition) is 3. The summed E-state index contributed by atoms with van der Waals surface area (Å²) >= 11 is 0. The van der Waals surface area contributed by atoms with Crippen molar-refractivity contribution in [3.63, 3.8) is 0 Å². The van der Waals surface area contributed by atoms with Crippen LogP contribution in [-0.4, -0.2) is 28.0 Å². The second-order valence-corrected chi connectivity index (χ2v) is 7.24. The van der Waals surface area contributed by atoms with Crippen LogP contribution in [0.1, 0.15) is 48.1 Å². The number of aryl methyl sites for hydroxylation is 1. The molecule has 3 heterocycles. The molecule has 0 saturated carbocycles. The normalized spacial score (nSPS) is 19.4. The van der Waals surface area contributed by atoms with Gasteiger partial charge in [-0.15, -0.1) is 0 Å². The highest BCUT2D eigenvalue weighted by atomic mass is 16.5. The molecule has 0 spiro atoms. The van der Waals surface area contributed by atoms with Gasteiger partial charge in [-0.05, 0) is 32.3 Å². The van der Waals surface area contributed by atoms with Crippen molar-refractivity contribution in [2.75, 3.05) is 6.54 Å². The van der Waals surface area contributed by atoms with Gasteiger partial charge < -0.3 is 14.2 Å². The number of nitrogens with zero attached hydrogens (tertiary/aromatic N) is 2. The van der Waals surface area contributed by atoms with E-state index in [1.165, 1.54) is 0 Å². The number of allylic oxidation sites excluding steroid dienone is 1. The molecule has 2 aliphatic heterocycles. The molecule has 0 fully saturated rings. The van der Waals surface area contributed by atoms with Crippen LogP contribution in [-0.2, 0) is 13.0 Å². The van der Waals surface area contributed by atoms with Gasteiger partial charge in [0.25, 0.3) is 5.91 Å². The van der Waals surface area contributed by atoms with Gasteiger partial charge in [0.2, 0.25) is 5.43 Å². The topological polar surface area (TPSA) is 51.5 Å². The minimum absolute atomic E-state index is 0.0161. The average Bonchev–Trinajstić information content (AvgIpc) is 3.07. The summed E-state index contributed by atoms with van der Waals surface area (Å²) in [6.07, 6.45) is 5.73. The fourth-order valence-corrected chi connectivity index (χ4v) is 4.13. The first-order chi connectivity index (χ1) is 13.1. The van der Waals surface area contributed by atoms with Crippen LogP contribution < -0.4 is 10.2 Å². The molecular formula is C22H24N2O3. The Morgan fingerprint density at radius 2 is 2.04 bits per heavy atom. The first-order valence-electron chi connectivity index (χ1n) is 9.49. The van der Waals surface area contributed by atoms with E-state index in [0.29, 0.717) is 12.2 Å². The van der Waals surface area contributed by atoms with Crippen LogP contribution in [0, 0.1) is 0 Å². The number of ether oxygens (including phenoxy) is 1. The van der Waals surface area contributed by atoms with Crippen LogP contribution in [0.15, 0.2) is 53.3 Å². The monoisotopic (exact) mass is 364 g/mol. The third-order valence-corrected chi connectivity index (χ3v) is 5.45. The smallest absolute Gasteiger partial charge is 0.275 e. The van der Waals surface area contributed by atoms with Crippen LogP contribution in [0.4, 0.5) is 0 Å². The van der Waals surface area contributed by atoms with E-state index in [1.54, 1.807) is 6.07 Å². The van der Waals surface area contributed by atoms with Gasteiger partial charge in [0, 0.05) is 24.3 Å². The molecule has 5 nitrogen and oxygen atoms in total. The predicted octanol–water partition coefficient (Wildman–Crippen LogP) is 3.34. The summed E-state index contributed by atoms with van der Waals surface area (Å²) in [4.78, 5) is 27.9. The molecule has 0 bridgehead atoms. The first-order valence-corrected chi connectivity index (χ1v) is 9.49. The average molecular weight is 364 g/mol. The summed E-state index contributed by atoms with van der Waals surface area (Å²) in [5.74, 6) is 0.0534. The minimum Gasteiger partial charge on any atom is -0.483 e. The molecule has 1 aromatic heterocycles. The van der Waals surface area contributed by atoms with E-state index in [4.69, 9.17) is 4.74 Å². The zero-order valence-electron chi connectivity index (χ0n) is 15.7. The summed E-state index contributed by atoms with van der Waals surface area (Å²) in [6, 6.07) is 11.5. The predicted molar refractivity (Wildman–Crippen MR) is 104 cm³/mol. The molecule has 0 radical (unpaired) electrons. The molecule has 1 amide bonds. The Labute approximate surface area is 158 Å². The number of pyridine rings is 1. The number of aromatic nitrogens is 1. The van der Waals surface area contributed by atoms with Gasteiger partial charge in [0.05, 0.1) is 6.04 Å². The second-order valence-electron chi connectivity index (χ2n) is 7.24. The Kier molecular flexibility index (Phi) is 4.60. The molecule has 2 aromatic rings. The van der Waals surface area contributed by atoms with Crippen LogP contribution in [0.5, 0.6) is 5.75 Å². The van der Waals surface area contributed by atoms with Gasteiger partial charge in [-0.1, -0.05) is 42.5 Å². The largest absolute Gasteiger partial charge is 0.483 e. The van der Waals surface area contributed by atoms with Gasteiger partial charge in [-0.3, -0.25) is 9.59 Å². The molecule has 5 heteroatoms. The lowest BCUT2D eigenvalue weighted by Gasteiger charge is -2.37. The highest BCUT2D eigenvalue weighted by Crippen LogP contribution is 2.36. The molecule has 1 aromatic carbocycles. The fraction of sp³-hybridized carbons (Fsp3) is 0.364. The lowest BCUT2D eigenvalue weighted by atomic mass is 10.1. The Morgan fingerprint density at radius 3 is 2.78 bits per heavy atom. The first kappa shape index (κ1) is 17.6. The van der Waals surface area contributed by atoms with Crippen molar-refractivity contribution in [3.8, 4) is 5.75 Å². The van der Waals surface area contributed by atoms with E-state index in [-0.39, 0.29) is 35.8 Å². The lowest BCUT2D eigenvalue weighted by Crippen LogP contribution is -2.47. The Bertz CT molecular complexity index is 946. The van der Waals surface area contributed by atoms with Crippen molar-refractivity contribution >= 4 is 5.91 Å². The minimum atomic E-state index is -0.207. The number of rotatable bonds is 5. The zero-order chi connectivity index (χ0) is 19.0. The molecule has 4 rings (SSSR count). The Balaban J connectivity index is 1.75. The van der Waals surface area contributed by atoms with E-state index in [1.807, 2.05) is 65.8 Å². The number of carbonyl (C=O) groups is 1.